The number of benzene rings is 1. The molecule has 0 aromatic heterocycles. The number of rotatable bonds is 3. The number of hydrogen-bond acceptors (Lipinski definition) is 4. The molecule has 2 fully saturated rings. The van der Waals surface area contributed by atoms with E-state index >= 15 is 0 Å². The molecule has 0 amide bonds. The molecule has 0 aliphatic carbocycles. The highest BCUT2D eigenvalue weighted by Gasteiger charge is 2.41. The Labute approximate surface area is 135 Å². The van der Waals surface area contributed by atoms with Gasteiger partial charge in [-0.3, -0.25) is 4.90 Å². The van der Waals surface area contributed by atoms with Crippen molar-refractivity contribution in [2.24, 2.45) is 5.73 Å². The number of hydrogen-bond donors (Lipinski definition) is 1. The topological polar surface area (TPSA) is 47.7 Å². The average molecular weight is 331 g/mol. The van der Waals surface area contributed by atoms with Crippen LogP contribution in [0.2, 0.25) is 10.0 Å². The molecule has 21 heavy (non-hydrogen) atoms. The van der Waals surface area contributed by atoms with E-state index < -0.39 is 0 Å². The molecule has 1 aromatic carbocycles. The summed E-state index contributed by atoms with van der Waals surface area (Å²) in [6, 6.07) is 5.89. The van der Waals surface area contributed by atoms with E-state index in [2.05, 4.69) is 4.90 Å². The third-order valence-corrected chi connectivity index (χ3v) is 5.10. The molecule has 3 rings (SSSR count). The first kappa shape index (κ1) is 15.5. The fourth-order valence-corrected chi connectivity index (χ4v) is 3.48. The molecule has 116 valence electrons. The summed E-state index contributed by atoms with van der Waals surface area (Å²) in [5, 5.41) is 1.14. The van der Waals surface area contributed by atoms with Crippen LogP contribution in [0.5, 0.6) is 0 Å². The van der Waals surface area contributed by atoms with Gasteiger partial charge >= 0.3 is 0 Å². The van der Waals surface area contributed by atoms with Gasteiger partial charge in [0.15, 0.2) is 5.79 Å². The molecule has 6 heteroatoms. The summed E-state index contributed by atoms with van der Waals surface area (Å²) in [6.45, 7) is 3.76. The minimum absolute atomic E-state index is 0.151. The van der Waals surface area contributed by atoms with Gasteiger partial charge in [0.1, 0.15) is 0 Å². The first-order chi connectivity index (χ1) is 10.1. The van der Waals surface area contributed by atoms with E-state index in [4.69, 9.17) is 38.4 Å². The molecule has 2 aliphatic heterocycles. The summed E-state index contributed by atoms with van der Waals surface area (Å²) >= 11 is 12.1. The second kappa shape index (κ2) is 6.41. The van der Waals surface area contributed by atoms with Gasteiger partial charge in [0.05, 0.1) is 23.3 Å². The predicted octanol–water partition coefficient (Wildman–Crippen LogP) is 2.83. The fourth-order valence-electron chi connectivity index (χ4n) is 3.18. The molecule has 1 aromatic rings. The highest BCUT2D eigenvalue weighted by molar-refractivity contribution is 6.42. The number of piperidine rings is 1. The van der Waals surface area contributed by atoms with Gasteiger partial charge in [-0.25, -0.2) is 0 Å². The Balaban J connectivity index is 1.70. The van der Waals surface area contributed by atoms with Crippen LogP contribution in [0.15, 0.2) is 18.2 Å². The molecule has 0 saturated carbocycles. The summed E-state index contributed by atoms with van der Waals surface area (Å²) in [7, 11) is 0. The Morgan fingerprint density at radius 3 is 2.38 bits per heavy atom. The van der Waals surface area contributed by atoms with Crippen molar-refractivity contribution >= 4 is 23.2 Å². The van der Waals surface area contributed by atoms with Gasteiger partial charge in [0, 0.05) is 38.5 Å². The van der Waals surface area contributed by atoms with E-state index in [0.29, 0.717) is 29.8 Å². The molecule has 4 nitrogen and oxygen atoms in total. The maximum atomic E-state index is 6.12. The third-order valence-electron chi connectivity index (χ3n) is 4.37. The van der Waals surface area contributed by atoms with Crippen LogP contribution < -0.4 is 5.73 Å². The minimum atomic E-state index is -0.354. The van der Waals surface area contributed by atoms with Gasteiger partial charge in [0.25, 0.3) is 0 Å². The van der Waals surface area contributed by atoms with Gasteiger partial charge in [-0.1, -0.05) is 29.3 Å². The predicted molar refractivity (Wildman–Crippen MR) is 83.7 cm³/mol. The van der Waals surface area contributed by atoms with Crippen molar-refractivity contribution in [3.05, 3.63) is 33.8 Å². The van der Waals surface area contributed by atoms with E-state index in [1.807, 2.05) is 18.2 Å². The maximum absolute atomic E-state index is 6.12. The molecule has 0 bridgehead atoms. The monoisotopic (exact) mass is 330 g/mol. The van der Waals surface area contributed by atoms with E-state index in [-0.39, 0.29) is 11.8 Å². The molecule has 2 heterocycles. The Hall–Kier alpha value is -0.360. The van der Waals surface area contributed by atoms with Gasteiger partial charge < -0.3 is 15.2 Å². The Kier molecular flexibility index (Phi) is 4.74. The van der Waals surface area contributed by atoms with Crippen LogP contribution >= 0.6 is 23.2 Å². The van der Waals surface area contributed by atoms with E-state index in [1.165, 1.54) is 0 Å². The summed E-state index contributed by atoms with van der Waals surface area (Å²) in [6.07, 6.45) is 1.76. The molecular weight excluding hydrogens is 311 g/mol. The Morgan fingerprint density at radius 2 is 1.81 bits per heavy atom. The van der Waals surface area contributed by atoms with Gasteiger partial charge in [-0.05, 0) is 17.7 Å². The summed E-state index contributed by atoms with van der Waals surface area (Å²) in [4.78, 5) is 2.37. The second-order valence-electron chi connectivity index (χ2n) is 5.57. The van der Waals surface area contributed by atoms with Crippen LogP contribution in [-0.2, 0) is 9.47 Å². The van der Waals surface area contributed by atoms with Crippen LogP contribution in [-0.4, -0.2) is 43.5 Å². The third kappa shape index (κ3) is 3.21. The molecule has 0 radical (unpaired) electrons. The normalized spacial score (nSPS) is 23.6. The van der Waals surface area contributed by atoms with E-state index in [9.17, 15) is 0 Å². The lowest BCUT2D eigenvalue weighted by atomic mass is 9.98. The van der Waals surface area contributed by atoms with Crippen molar-refractivity contribution in [3.63, 3.8) is 0 Å². The van der Waals surface area contributed by atoms with Gasteiger partial charge in [-0.15, -0.1) is 0 Å². The van der Waals surface area contributed by atoms with Crippen LogP contribution in [0.25, 0.3) is 0 Å². The number of ether oxygens (including phenoxy) is 2. The number of likely N-dealkylation sites (tertiary alicyclic amines) is 1. The van der Waals surface area contributed by atoms with Crippen LogP contribution in [0.1, 0.15) is 24.4 Å². The summed E-state index contributed by atoms with van der Waals surface area (Å²) < 4.78 is 11.5. The van der Waals surface area contributed by atoms with Gasteiger partial charge in [0.2, 0.25) is 0 Å². The first-order valence-electron chi connectivity index (χ1n) is 7.30. The van der Waals surface area contributed by atoms with Crippen LogP contribution in [0, 0.1) is 0 Å². The van der Waals surface area contributed by atoms with Crippen molar-refractivity contribution in [2.45, 2.75) is 24.7 Å². The SMILES string of the molecule is NCC(c1ccc(Cl)c(Cl)c1)N1CCC2(CC1)OCCO2. The molecule has 1 atom stereocenters. The average Bonchev–Trinajstić information content (AvgIpc) is 2.94. The van der Waals surface area contributed by atoms with Crippen molar-refractivity contribution in [1.29, 1.82) is 0 Å². The zero-order chi connectivity index (χ0) is 14.9. The van der Waals surface area contributed by atoms with Crippen molar-refractivity contribution < 1.29 is 9.47 Å². The molecular formula is C15H20Cl2N2O2. The lowest BCUT2D eigenvalue weighted by molar-refractivity contribution is -0.187. The molecule has 2 N–H and O–H groups in total. The van der Waals surface area contributed by atoms with Crippen molar-refractivity contribution in [1.82, 2.24) is 4.90 Å². The second-order valence-corrected chi connectivity index (χ2v) is 6.38. The molecule has 1 spiro atoms. The van der Waals surface area contributed by atoms with E-state index in [0.717, 1.165) is 31.5 Å². The van der Waals surface area contributed by atoms with Crippen LogP contribution in [0.3, 0.4) is 0 Å². The summed E-state index contributed by atoms with van der Waals surface area (Å²) in [5.74, 6) is -0.354. The zero-order valence-electron chi connectivity index (χ0n) is 11.9. The smallest absolute Gasteiger partial charge is 0.170 e. The Morgan fingerprint density at radius 1 is 1.14 bits per heavy atom. The van der Waals surface area contributed by atoms with Crippen molar-refractivity contribution in [3.8, 4) is 0 Å². The number of nitrogens with zero attached hydrogens (tertiary/aromatic N) is 1. The standard InChI is InChI=1S/C15H20Cl2N2O2/c16-12-2-1-11(9-13(12)17)14(10-18)19-5-3-15(4-6-19)20-7-8-21-15/h1-2,9,14H,3-8,10,18H2. The number of nitrogens with two attached hydrogens (primary N) is 1. The van der Waals surface area contributed by atoms with Crippen LogP contribution in [0.4, 0.5) is 0 Å². The fraction of sp³-hybridized carbons (Fsp3) is 0.600. The Bertz CT molecular complexity index is 496. The maximum Gasteiger partial charge on any atom is 0.170 e. The van der Waals surface area contributed by atoms with E-state index in [1.54, 1.807) is 0 Å². The molecule has 1 unspecified atom stereocenters. The highest BCUT2D eigenvalue weighted by Crippen LogP contribution is 2.35. The first-order valence-corrected chi connectivity index (χ1v) is 8.06. The molecule has 2 saturated heterocycles. The van der Waals surface area contributed by atoms with Crippen molar-refractivity contribution in [2.75, 3.05) is 32.8 Å². The van der Waals surface area contributed by atoms with Gasteiger partial charge in [-0.2, -0.15) is 0 Å². The largest absolute Gasteiger partial charge is 0.347 e. The summed E-state index contributed by atoms with van der Waals surface area (Å²) in [5.41, 5.74) is 7.10. The highest BCUT2D eigenvalue weighted by atomic mass is 35.5. The zero-order valence-corrected chi connectivity index (χ0v) is 13.4. The quantitative estimate of drug-likeness (QED) is 0.925. The molecule has 2 aliphatic rings. The lowest BCUT2D eigenvalue weighted by Gasteiger charge is -2.41. The lowest BCUT2D eigenvalue weighted by Crippen LogP contribution is -2.47. The minimum Gasteiger partial charge on any atom is -0.347 e. The number of halogens is 2.